The zero-order valence-electron chi connectivity index (χ0n) is 20.5. The van der Waals surface area contributed by atoms with E-state index < -0.39 is 6.03 Å². The Morgan fingerprint density at radius 2 is 1.81 bits per heavy atom. The van der Waals surface area contributed by atoms with Gasteiger partial charge in [-0.3, -0.25) is 0 Å². The maximum atomic E-state index is 12.5. The first-order valence-electron chi connectivity index (χ1n) is 11.9. The topological polar surface area (TPSA) is 87.0 Å². The summed E-state index contributed by atoms with van der Waals surface area (Å²) in [5, 5.41) is 11.2. The van der Waals surface area contributed by atoms with Gasteiger partial charge in [-0.2, -0.15) is 0 Å². The third-order valence-corrected chi connectivity index (χ3v) is 6.44. The van der Waals surface area contributed by atoms with Gasteiger partial charge in [-0.25, -0.2) is 14.3 Å². The van der Waals surface area contributed by atoms with Crippen LogP contribution in [0, 0.1) is 0 Å². The molecule has 5 rings (SSSR count). The molecule has 192 valence electrons. The number of nitrogens with one attached hydrogen (secondary N) is 2. The lowest BCUT2D eigenvalue weighted by atomic mass is 10.2. The molecule has 4 aromatic rings. The maximum absolute atomic E-state index is 12.5. The summed E-state index contributed by atoms with van der Waals surface area (Å²) in [5.41, 5.74) is 4.06. The van der Waals surface area contributed by atoms with Crippen LogP contribution in [-0.4, -0.2) is 65.9 Å². The molecule has 0 saturated carbocycles. The number of ether oxygens (including phenoxy) is 1. The lowest BCUT2D eigenvalue weighted by Gasteiger charge is -2.28. The van der Waals surface area contributed by atoms with Crippen molar-refractivity contribution in [1.82, 2.24) is 19.5 Å². The molecule has 0 spiro atoms. The van der Waals surface area contributed by atoms with E-state index >= 15 is 0 Å². The molecule has 0 radical (unpaired) electrons. The average Bonchev–Trinajstić information content (AvgIpc) is 3.28. The van der Waals surface area contributed by atoms with E-state index in [2.05, 4.69) is 26.5 Å². The summed E-state index contributed by atoms with van der Waals surface area (Å²) in [5.74, 6) is 1.49. The van der Waals surface area contributed by atoms with Crippen LogP contribution >= 0.6 is 23.2 Å². The molecule has 0 atom stereocenters. The van der Waals surface area contributed by atoms with Crippen molar-refractivity contribution in [2.75, 3.05) is 55.9 Å². The Morgan fingerprint density at radius 3 is 2.51 bits per heavy atom. The summed E-state index contributed by atoms with van der Waals surface area (Å²) >= 11 is 12.1. The standard InChI is InChI=1S/C26H27Cl2N7O2/c1-33(2)15-17-13-23-25(34-9-11-37-12-10-34)31-24(32-35(23)16-17)18-3-6-20(7-4-18)29-26(36)30-22-8-5-19(27)14-21(22)28/h3-8,13-14,16H,9-12,15H2,1-2H3,(H2,29,30,36). The quantitative estimate of drug-likeness (QED) is 0.348. The van der Waals surface area contributed by atoms with Gasteiger partial charge in [0.25, 0.3) is 0 Å². The van der Waals surface area contributed by atoms with Crippen LogP contribution < -0.4 is 15.5 Å². The van der Waals surface area contributed by atoms with Gasteiger partial charge in [-0.15, -0.1) is 5.10 Å². The summed E-state index contributed by atoms with van der Waals surface area (Å²) < 4.78 is 7.45. The zero-order chi connectivity index (χ0) is 25.9. The summed E-state index contributed by atoms with van der Waals surface area (Å²) in [6, 6.07) is 14.0. The van der Waals surface area contributed by atoms with Gasteiger partial charge in [0.2, 0.25) is 0 Å². The molecule has 2 aromatic heterocycles. The summed E-state index contributed by atoms with van der Waals surface area (Å²) in [4.78, 5) is 21.8. The summed E-state index contributed by atoms with van der Waals surface area (Å²) in [6.45, 7) is 3.69. The summed E-state index contributed by atoms with van der Waals surface area (Å²) in [6.07, 6.45) is 2.05. The second-order valence-corrected chi connectivity index (χ2v) is 9.90. The van der Waals surface area contributed by atoms with Crippen LogP contribution in [0.2, 0.25) is 10.0 Å². The molecule has 1 fully saturated rings. The molecular weight excluding hydrogens is 513 g/mol. The van der Waals surface area contributed by atoms with Crippen LogP contribution in [0.3, 0.4) is 0 Å². The highest BCUT2D eigenvalue weighted by molar-refractivity contribution is 6.36. The van der Waals surface area contributed by atoms with Gasteiger partial charge in [0.15, 0.2) is 11.6 Å². The first-order valence-corrected chi connectivity index (χ1v) is 12.6. The second-order valence-electron chi connectivity index (χ2n) is 9.06. The minimum Gasteiger partial charge on any atom is -0.378 e. The summed E-state index contributed by atoms with van der Waals surface area (Å²) in [7, 11) is 4.09. The molecule has 0 unspecified atom stereocenters. The Kier molecular flexibility index (Phi) is 7.48. The Labute approximate surface area is 224 Å². The highest BCUT2D eigenvalue weighted by atomic mass is 35.5. The molecule has 9 nitrogen and oxygen atoms in total. The molecule has 2 N–H and O–H groups in total. The molecule has 1 saturated heterocycles. The van der Waals surface area contributed by atoms with Crippen molar-refractivity contribution in [3.8, 4) is 11.4 Å². The lowest BCUT2D eigenvalue weighted by Crippen LogP contribution is -2.37. The Hall–Kier alpha value is -3.37. The molecule has 11 heteroatoms. The van der Waals surface area contributed by atoms with Gasteiger partial charge in [0, 0.05) is 42.1 Å². The fourth-order valence-corrected chi connectivity index (χ4v) is 4.65. The van der Waals surface area contributed by atoms with Crippen molar-refractivity contribution in [3.05, 3.63) is 70.3 Å². The number of morpholine rings is 1. The number of anilines is 3. The number of nitrogens with zero attached hydrogens (tertiary/aromatic N) is 5. The van der Waals surface area contributed by atoms with Crippen LogP contribution in [0.1, 0.15) is 5.56 Å². The number of amides is 2. The van der Waals surface area contributed by atoms with Gasteiger partial charge in [0.05, 0.1) is 23.9 Å². The largest absolute Gasteiger partial charge is 0.378 e. The molecular formula is C26H27Cl2N7O2. The minimum absolute atomic E-state index is 0.361. The number of hydrogen-bond donors (Lipinski definition) is 2. The first-order chi connectivity index (χ1) is 17.9. The fourth-order valence-electron chi connectivity index (χ4n) is 4.20. The highest BCUT2D eigenvalue weighted by Gasteiger charge is 2.19. The van der Waals surface area contributed by atoms with E-state index in [1.54, 1.807) is 18.2 Å². The third-order valence-electron chi connectivity index (χ3n) is 5.89. The van der Waals surface area contributed by atoms with Crippen molar-refractivity contribution in [3.63, 3.8) is 0 Å². The van der Waals surface area contributed by atoms with Crippen LogP contribution in [-0.2, 0) is 11.3 Å². The van der Waals surface area contributed by atoms with E-state index in [0.717, 1.165) is 42.1 Å². The van der Waals surface area contributed by atoms with E-state index in [9.17, 15) is 4.79 Å². The Bertz CT molecular complexity index is 1420. The first kappa shape index (κ1) is 25.3. The van der Waals surface area contributed by atoms with Gasteiger partial charge in [-0.1, -0.05) is 23.2 Å². The zero-order valence-corrected chi connectivity index (χ0v) is 22.1. The Balaban J connectivity index is 1.38. The van der Waals surface area contributed by atoms with Crippen LogP contribution in [0.15, 0.2) is 54.7 Å². The second kappa shape index (κ2) is 10.9. The minimum atomic E-state index is -0.412. The molecule has 2 aromatic carbocycles. The number of fused-ring (bicyclic) bond motifs is 1. The number of carbonyl (C=O) groups is 1. The predicted octanol–water partition coefficient (Wildman–Crippen LogP) is 5.25. The lowest BCUT2D eigenvalue weighted by molar-refractivity contribution is 0.122. The highest BCUT2D eigenvalue weighted by Crippen LogP contribution is 2.28. The van der Waals surface area contributed by atoms with Gasteiger partial charge >= 0.3 is 6.03 Å². The maximum Gasteiger partial charge on any atom is 0.323 e. The number of carbonyl (C=O) groups excluding carboxylic acids is 1. The van der Waals surface area contributed by atoms with Crippen molar-refractivity contribution in [2.24, 2.45) is 0 Å². The molecule has 1 aliphatic heterocycles. The SMILES string of the molecule is CN(C)Cc1cc2c(N3CCOCC3)nc(-c3ccc(NC(=O)Nc4ccc(Cl)cc4Cl)cc3)nn2c1. The van der Waals surface area contributed by atoms with Crippen molar-refractivity contribution >= 4 is 51.9 Å². The fraction of sp³-hybridized carbons (Fsp3) is 0.269. The van der Waals surface area contributed by atoms with Crippen molar-refractivity contribution in [1.29, 1.82) is 0 Å². The van der Waals surface area contributed by atoms with Crippen LogP contribution in [0.4, 0.5) is 22.0 Å². The monoisotopic (exact) mass is 539 g/mol. The van der Waals surface area contributed by atoms with E-state index in [1.807, 2.05) is 49.1 Å². The molecule has 0 bridgehead atoms. The van der Waals surface area contributed by atoms with E-state index in [1.165, 1.54) is 0 Å². The number of benzene rings is 2. The van der Waals surface area contributed by atoms with Gasteiger partial charge < -0.3 is 25.2 Å². The number of hydrogen-bond acceptors (Lipinski definition) is 6. The van der Waals surface area contributed by atoms with Gasteiger partial charge in [0.1, 0.15) is 5.52 Å². The molecule has 1 aliphatic rings. The van der Waals surface area contributed by atoms with Crippen molar-refractivity contribution in [2.45, 2.75) is 6.54 Å². The predicted molar refractivity (Wildman–Crippen MR) is 148 cm³/mol. The number of rotatable bonds is 6. The van der Waals surface area contributed by atoms with Crippen LogP contribution in [0.25, 0.3) is 16.9 Å². The van der Waals surface area contributed by atoms with E-state index in [4.69, 9.17) is 38.0 Å². The number of halogens is 2. The average molecular weight is 540 g/mol. The van der Waals surface area contributed by atoms with Crippen molar-refractivity contribution < 1.29 is 9.53 Å². The van der Waals surface area contributed by atoms with Gasteiger partial charge in [-0.05, 0) is 68.2 Å². The Morgan fingerprint density at radius 1 is 1.05 bits per heavy atom. The van der Waals surface area contributed by atoms with E-state index in [0.29, 0.717) is 40.5 Å². The van der Waals surface area contributed by atoms with Crippen LogP contribution in [0.5, 0.6) is 0 Å². The molecule has 37 heavy (non-hydrogen) atoms. The van der Waals surface area contributed by atoms with E-state index in [-0.39, 0.29) is 0 Å². The molecule has 3 heterocycles. The third kappa shape index (κ3) is 5.97. The number of aromatic nitrogens is 3. The number of urea groups is 1. The molecule has 0 aliphatic carbocycles. The normalized spacial score (nSPS) is 13.8. The smallest absolute Gasteiger partial charge is 0.323 e. The molecule has 2 amide bonds.